The molecule has 0 amide bonds. The van der Waals surface area contributed by atoms with E-state index in [2.05, 4.69) is 126 Å². The number of rotatable bonds is 7. The molecule has 0 aliphatic heterocycles. The van der Waals surface area contributed by atoms with Crippen LogP contribution in [0.2, 0.25) is 0 Å². The first kappa shape index (κ1) is 33.2. The molecular weight excluding hydrogens is 687 g/mol. The normalized spacial score (nSPS) is 11.4. The number of fused-ring (bicyclic) bond motifs is 3. The Balaban J connectivity index is 0.00000401. The zero-order valence-corrected chi connectivity index (χ0v) is 30.1. The number of aryl methyl sites for hydroxylation is 4. The van der Waals surface area contributed by atoms with Gasteiger partial charge in [0, 0.05) is 34.5 Å². The quantitative estimate of drug-likeness (QED) is 0.121. The van der Waals surface area contributed by atoms with Crippen molar-refractivity contribution in [1.82, 2.24) is 19.3 Å². The molecule has 0 radical (unpaired) electrons. The maximum Gasteiger partial charge on any atom is 2.00 e. The van der Waals surface area contributed by atoms with Crippen molar-refractivity contribution >= 4 is 21.8 Å². The molecule has 0 N–H and O–H groups in total. The molecule has 0 saturated heterocycles. The maximum atomic E-state index is 6.58. The predicted molar refractivity (Wildman–Crippen MR) is 190 cm³/mol. The monoisotopic (exact) mass is 724 g/mol. The zero-order chi connectivity index (χ0) is 33.0. The van der Waals surface area contributed by atoms with Crippen molar-refractivity contribution in [2.75, 3.05) is 7.11 Å². The second kappa shape index (κ2) is 13.1. The summed E-state index contributed by atoms with van der Waals surface area (Å²) in [6.45, 7) is 14.9. The first-order valence-corrected chi connectivity index (χ1v) is 16.0. The van der Waals surface area contributed by atoms with E-state index in [0.717, 1.165) is 78.3 Å². The fourth-order valence-corrected chi connectivity index (χ4v) is 6.66. The molecule has 0 fully saturated rings. The molecular formula is C41H38N4O2Pd. The molecule has 4 aromatic carbocycles. The summed E-state index contributed by atoms with van der Waals surface area (Å²) in [5.41, 5.74) is 11.7. The molecule has 3 heterocycles. The van der Waals surface area contributed by atoms with E-state index >= 15 is 0 Å². The average Bonchev–Trinajstić information content (AvgIpc) is 3.53. The van der Waals surface area contributed by atoms with Crippen LogP contribution in [-0.2, 0) is 20.4 Å². The Hall–Kier alpha value is -4.70. The van der Waals surface area contributed by atoms with E-state index in [9.17, 15) is 0 Å². The molecule has 7 aromatic rings. The summed E-state index contributed by atoms with van der Waals surface area (Å²) in [5, 5.41) is 7.27. The number of aromatic nitrogens is 4. The number of nitrogens with zero attached hydrogens (tertiary/aromatic N) is 4. The fourth-order valence-electron chi connectivity index (χ4n) is 6.66. The van der Waals surface area contributed by atoms with Gasteiger partial charge in [-0.2, -0.15) is 11.2 Å². The number of ether oxygens (including phenoxy) is 2. The number of hydrogen-bond acceptors (Lipinski definition) is 4. The van der Waals surface area contributed by atoms with Crippen LogP contribution in [-0.4, -0.2) is 26.4 Å². The van der Waals surface area contributed by atoms with E-state index in [1.54, 1.807) is 7.11 Å². The van der Waals surface area contributed by atoms with Gasteiger partial charge in [0.1, 0.15) is 11.6 Å². The van der Waals surface area contributed by atoms with E-state index in [1.165, 1.54) is 5.56 Å². The molecule has 0 bridgehead atoms. The van der Waals surface area contributed by atoms with Crippen LogP contribution in [0.15, 0.2) is 79.0 Å². The maximum absolute atomic E-state index is 6.58. The average molecular weight is 725 g/mol. The number of methoxy groups -OCH3 is 1. The summed E-state index contributed by atoms with van der Waals surface area (Å²) >= 11 is 0. The molecule has 0 atom stereocenters. The second-order valence-corrected chi connectivity index (χ2v) is 12.6. The van der Waals surface area contributed by atoms with Gasteiger partial charge in [-0.05, 0) is 104 Å². The van der Waals surface area contributed by atoms with E-state index < -0.39 is 0 Å². The summed E-state index contributed by atoms with van der Waals surface area (Å²) in [6, 6.07) is 32.1. The van der Waals surface area contributed by atoms with Gasteiger partial charge in [-0.3, -0.25) is 4.68 Å². The standard InChI is InChI=1S/C41H38N4O2.Pd/c1-24(2)30-20-31(45-29(7)41(28(6)43-45)40-26(4)18-33(46-8)19-27(40)5)22-34(21-30)47-32-13-14-36-35-11-9-10-12-37(35)44(38(36)23-32)39-17-25(3)15-16-42-39;/h9-21,24H,1-8H3;/q-2;+2. The minimum absolute atomic E-state index is 0. The summed E-state index contributed by atoms with van der Waals surface area (Å²) < 4.78 is 16.2. The van der Waals surface area contributed by atoms with Crippen LogP contribution < -0.4 is 9.47 Å². The van der Waals surface area contributed by atoms with Crippen LogP contribution in [0.1, 0.15) is 53.4 Å². The van der Waals surface area contributed by atoms with Crippen molar-refractivity contribution in [3.63, 3.8) is 0 Å². The predicted octanol–water partition coefficient (Wildman–Crippen LogP) is 10.1. The van der Waals surface area contributed by atoms with Crippen molar-refractivity contribution in [3.05, 3.63) is 125 Å². The zero-order valence-electron chi connectivity index (χ0n) is 28.5. The molecule has 0 aliphatic carbocycles. The van der Waals surface area contributed by atoms with Crippen LogP contribution in [0.25, 0.3) is 44.4 Å². The van der Waals surface area contributed by atoms with Crippen molar-refractivity contribution < 1.29 is 29.9 Å². The molecule has 244 valence electrons. The minimum Gasteiger partial charge on any atom is -0.509 e. The van der Waals surface area contributed by atoms with E-state index in [-0.39, 0.29) is 26.3 Å². The van der Waals surface area contributed by atoms with Crippen LogP contribution >= 0.6 is 0 Å². The second-order valence-electron chi connectivity index (χ2n) is 12.6. The van der Waals surface area contributed by atoms with Crippen LogP contribution in [0, 0.1) is 46.8 Å². The molecule has 0 spiro atoms. The van der Waals surface area contributed by atoms with E-state index in [0.29, 0.717) is 11.5 Å². The number of pyridine rings is 1. The molecule has 0 unspecified atom stereocenters. The summed E-state index contributed by atoms with van der Waals surface area (Å²) in [6.07, 6.45) is 1.85. The molecule has 0 aliphatic rings. The van der Waals surface area contributed by atoms with E-state index in [1.807, 2.05) is 23.0 Å². The third-order valence-electron chi connectivity index (χ3n) is 8.94. The molecule has 7 rings (SSSR count). The molecule has 0 saturated carbocycles. The van der Waals surface area contributed by atoms with Gasteiger partial charge in [0.05, 0.1) is 12.8 Å². The van der Waals surface area contributed by atoms with Gasteiger partial charge in [0.25, 0.3) is 0 Å². The first-order chi connectivity index (χ1) is 22.6. The Morgan fingerprint density at radius 2 is 1.52 bits per heavy atom. The number of benzene rings is 4. The van der Waals surface area contributed by atoms with Gasteiger partial charge >= 0.3 is 20.4 Å². The largest absolute Gasteiger partial charge is 2.00 e. The topological polar surface area (TPSA) is 54.1 Å². The van der Waals surface area contributed by atoms with Gasteiger partial charge in [-0.1, -0.05) is 37.6 Å². The molecule has 48 heavy (non-hydrogen) atoms. The van der Waals surface area contributed by atoms with Gasteiger partial charge in [-0.25, -0.2) is 4.98 Å². The number of hydrogen-bond donors (Lipinski definition) is 0. The summed E-state index contributed by atoms with van der Waals surface area (Å²) in [5.74, 6) is 3.20. The third kappa shape index (κ3) is 5.83. The van der Waals surface area contributed by atoms with Crippen molar-refractivity contribution in [3.8, 4) is 39.9 Å². The Kier molecular flexibility index (Phi) is 9.04. The minimum atomic E-state index is 0. The van der Waals surface area contributed by atoms with Gasteiger partial charge in [0.15, 0.2) is 0 Å². The van der Waals surface area contributed by atoms with Crippen LogP contribution in [0.3, 0.4) is 0 Å². The molecule has 7 heteroatoms. The number of para-hydroxylation sites is 1. The van der Waals surface area contributed by atoms with Crippen LogP contribution in [0.5, 0.6) is 17.2 Å². The molecule has 6 nitrogen and oxygen atoms in total. The summed E-state index contributed by atoms with van der Waals surface area (Å²) in [7, 11) is 1.70. The first-order valence-electron chi connectivity index (χ1n) is 16.0. The Bertz CT molecular complexity index is 2290. The smallest absolute Gasteiger partial charge is 0.509 e. The Morgan fingerprint density at radius 3 is 2.23 bits per heavy atom. The molecule has 3 aromatic heterocycles. The SMILES string of the molecule is COc1cc(C)c(-c2c(C)nn(-c3[c-]c(Oc4[c-]c5c(cc4)c4ccccc4n5-c4cc(C)ccn4)cc(C(C)C)c3)c2C)c(C)c1.[Pd+2]. The van der Waals surface area contributed by atoms with E-state index in [4.69, 9.17) is 19.6 Å². The Morgan fingerprint density at radius 1 is 0.771 bits per heavy atom. The van der Waals surface area contributed by atoms with Crippen molar-refractivity contribution in [2.45, 2.75) is 54.4 Å². The van der Waals surface area contributed by atoms with Crippen molar-refractivity contribution in [2.24, 2.45) is 0 Å². The summed E-state index contributed by atoms with van der Waals surface area (Å²) in [4.78, 5) is 4.71. The van der Waals surface area contributed by atoms with Crippen molar-refractivity contribution in [1.29, 1.82) is 0 Å². The van der Waals surface area contributed by atoms with Gasteiger partial charge < -0.3 is 14.0 Å². The fraction of sp³-hybridized carbons (Fsp3) is 0.220. The Labute approximate surface area is 296 Å². The van der Waals surface area contributed by atoms with Crippen LogP contribution in [0.4, 0.5) is 0 Å². The van der Waals surface area contributed by atoms with Gasteiger partial charge in [-0.15, -0.1) is 41.3 Å². The van der Waals surface area contributed by atoms with Gasteiger partial charge in [0.2, 0.25) is 0 Å². The third-order valence-corrected chi connectivity index (χ3v) is 8.94.